The fraction of sp³-hybridized carbons (Fsp3) is 0.250. The molecule has 1 fully saturated rings. The van der Waals surface area contributed by atoms with Crippen LogP contribution in [0.3, 0.4) is 0 Å². The lowest BCUT2D eigenvalue weighted by Crippen LogP contribution is -2.48. The zero-order valence-electron chi connectivity index (χ0n) is 18.5. The smallest absolute Gasteiger partial charge is 0.156 e. The van der Waals surface area contributed by atoms with Gasteiger partial charge in [-0.25, -0.2) is 9.50 Å². The third kappa shape index (κ3) is 3.66. The molecule has 0 atom stereocenters. The molecule has 9 heteroatoms. The van der Waals surface area contributed by atoms with Crippen molar-refractivity contribution in [1.29, 1.82) is 0 Å². The number of pyridine rings is 1. The van der Waals surface area contributed by atoms with Crippen LogP contribution in [0.2, 0.25) is 0 Å². The molecule has 4 aromatic heterocycles. The van der Waals surface area contributed by atoms with Gasteiger partial charge >= 0.3 is 0 Å². The summed E-state index contributed by atoms with van der Waals surface area (Å²) in [4.78, 5) is 16.3. The lowest BCUT2D eigenvalue weighted by molar-refractivity contribution is 0.183. The summed E-state index contributed by atoms with van der Waals surface area (Å²) in [5.41, 5.74) is 5.60. The van der Waals surface area contributed by atoms with Crippen LogP contribution in [0.25, 0.3) is 28.2 Å². The van der Waals surface area contributed by atoms with Gasteiger partial charge in [0.1, 0.15) is 5.82 Å². The van der Waals surface area contributed by atoms with E-state index in [-0.39, 0.29) is 0 Å². The Hall–Kier alpha value is -3.98. The van der Waals surface area contributed by atoms with Gasteiger partial charge in [0.25, 0.3) is 0 Å². The molecule has 0 amide bonds. The zero-order valence-corrected chi connectivity index (χ0v) is 18.5. The first-order valence-corrected chi connectivity index (χ1v) is 11.1. The van der Waals surface area contributed by atoms with Crippen molar-refractivity contribution < 1.29 is 0 Å². The molecule has 0 radical (unpaired) electrons. The minimum absolute atomic E-state index is 0.816. The van der Waals surface area contributed by atoms with E-state index in [1.54, 1.807) is 12.4 Å². The number of aromatic amines is 1. The van der Waals surface area contributed by atoms with Crippen molar-refractivity contribution in [1.82, 2.24) is 39.6 Å². The fourth-order valence-corrected chi connectivity index (χ4v) is 4.40. The number of hydrogen-bond acceptors (Lipinski definition) is 7. The molecular weight excluding hydrogens is 414 g/mol. The van der Waals surface area contributed by atoms with Crippen LogP contribution in [0.5, 0.6) is 0 Å². The highest BCUT2D eigenvalue weighted by atomic mass is 15.4. The minimum Gasteiger partial charge on any atom is -0.355 e. The molecule has 9 nitrogen and oxygen atoms in total. The van der Waals surface area contributed by atoms with E-state index in [0.717, 1.165) is 66.6 Å². The quantitative estimate of drug-likeness (QED) is 0.524. The van der Waals surface area contributed by atoms with Crippen LogP contribution >= 0.6 is 0 Å². The predicted octanol–water partition coefficient (Wildman–Crippen LogP) is 2.65. The van der Waals surface area contributed by atoms with Crippen LogP contribution in [0, 0.1) is 0 Å². The number of hydrogen-bond donors (Lipinski definition) is 1. The number of likely N-dealkylation sites (N-methyl/N-ethyl adjacent to an activating group) is 1. The van der Waals surface area contributed by atoms with E-state index in [4.69, 9.17) is 5.10 Å². The lowest BCUT2D eigenvalue weighted by Gasteiger charge is -2.40. The second kappa shape index (κ2) is 8.18. The summed E-state index contributed by atoms with van der Waals surface area (Å²) in [7, 11) is 2.18. The van der Waals surface area contributed by atoms with Gasteiger partial charge in [-0.1, -0.05) is 12.2 Å². The van der Waals surface area contributed by atoms with Gasteiger partial charge in [-0.2, -0.15) is 10.2 Å². The van der Waals surface area contributed by atoms with E-state index >= 15 is 0 Å². The van der Waals surface area contributed by atoms with Crippen molar-refractivity contribution in [3.05, 3.63) is 73.2 Å². The summed E-state index contributed by atoms with van der Waals surface area (Å²) in [5, 5.41) is 11.6. The average Bonchev–Trinajstić information content (AvgIpc) is 3.55. The van der Waals surface area contributed by atoms with Gasteiger partial charge < -0.3 is 14.7 Å². The number of allylic oxidation sites excluding steroid dienone is 2. The molecule has 1 N–H and O–H groups in total. The molecule has 33 heavy (non-hydrogen) atoms. The van der Waals surface area contributed by atoms with Crippen molar-refractivity contribution in [2.24, 2.45) is 0 Å². The molecular formula is C24H25N9. The first-order chi connectivity index (χ1) is 16.3. The molecule has 2 aliphatic heterocycles. The first-order valence-electron chi connectivity index (χ1n) is 11.1. The summed E-state index contributed by atoms with van der Waals surface area (Å²) in [5.74, 6) is 1.22. The van der Waals surface area contributed by atoms with Gasteiger partial charge in [0.15, 0.2) is 5.65 Å². The maximum Gasteiger partial charge on any atom is 0.156 e. The van der Waals surface area contributed by atoms with Crippen LogP contribution in [0.15, 0.2) is 73.2 Å². The van der Waals surface area contributed by atoms with Crippen LogP contribution in [-0.4, -0.2) is 79.4 Å². The van der Waals surface area contributed by atoms with Crippen LogP contribution < -0.4 is 4.90 Å². The molecule has 4 aromatic rings. The number of fused-ring (bicyclic) bond motifs is 1. The second-order valence-electron chi connectivity index (χ2n) is 8.40. The fourth-order valence-electron chi connectivity index (χ4n) is 4.40. The van der Waals surface area contributed by atoms with Crippen molar-refractivity contribution in [3.8, 4) is 22.5 Å². The predicted molar refractivity (Wildman–Crippen MR) is 127 cm³/mol. The number of H-pyrrole nitrogens is 1. The maximum atomic E-state index is 4.77. The number of nitrogens with zero attached hydrogens (tertiary/aromatic N) is 8. The van der Waals surface area contributed by atoms with Crippen LogP contribution in [0.1, 0.15) is 0 Å². The summed E-state index contributed by atoms with van der Waals surface area (Å²) in [6, 6.07) is 6.12. The molecule has 0 bridgehead atoms. The Bertz CT molecular complexity index is 1330. The van der Waals surface area contributed by atoms with Gasteiger partial charge in [-0.05, 0) is 25.3 Å². The highest BCUT2D eigenvalue weighted by Gasteiger charge is 2.23. The molecule has 2 aliphatic rings. The topological polar surface area (TPSA) is 81.5 Å². The van der Waals surface area contributed by atoms with Gasteiger partial charge in [0.2, 0.25) is 0 Å². The minimum atomic E-state index is 0.816. The molecule has 0 aromatic carbocycles. The monoisotopic (exact) mass is 439 g/mol. The van der Waals surface area contributed by atoms with Gasteiger partial charge in [0.05, 0.1) is 35.7 Å². The summed E-state index contributed by atoms with van der Waals surface area (Å²) in [6.07, 6.45) is 15.7. The molecule has 0 spiro atoms. The SMILES string of the molecule is CN1CCN(C2=CC=CCN2c2cnn3c(-c4ccnc(-c5cn[nH]c5)c4)cnc3c2)CC1. The summed E-state index contributed by atoms with van der Waals surface area (Å²) in [6.45, 7) is 5.01. The molecule has 1 saturated heterocycles. The third-order valence-corrected chi connectivity index (χ3v) is 6.28. The third-order valence-electron chi connectivity index (χ3n) is 6.28. The van der Waals surface area contributed by atoms with Crippen molar-refractivity contribution in [3.63, 3.8) is 0 Å². The van der Waals surface area contributed by atoms with Gasteiger partial charge in [-0.15, -0.1) is 0 Å². The first kappa shape index (κ1) is 19.7. The lowest BCUT2D eigenvalue weighted by atomic mass is 10.1. The van der Waals surface area contributed by atoms with Crippen molar-refractivity contribution >= 4 is 11.3 Å². The van der Waals surface area contributed by atoms with Crippen LogP contribution in [0.4, 0.5) is 5.69 Å². The Morgan fingerprint density at radius 3 is 2.73 bits per heavy atom. The van der Waals surface area contributed by atoms with E-state index in [2.05, 4.69) is 66.2 Å². The van der Waals surface area contributed by atoms with Crippen molar-refractivity contribution in [2.75, 3.05) is 44.7 Å². The Morgan fingerprint density at radius 2 is 1.88 bits per heavy atom. The molecule has 6 heterocycles. The van der Waals surface area contributed by atoms with Gasteiger partial charge in [0, 0.05) is 62.3 Å². The van der Waals surface area contributed by atoms with Gasteiger partial charge in [-0.3, -0.25) is 10.1 Å². The summed E-state index contributed by atoms with van der Waals surface area (Å²) < 4.78 is 1.89. The molecule has 166 valence electrons. The molecule has 0 unspecified atom stereocenters. The van der Waals surface area contributed by atoms with E-state index in [9.17, 15) is 0 Å². The number of aromatic nitrogens is 6. The highest BCUT2D eigenvalue weighted by molar-refractivity contribution is 5.70. The highest BCUT2D eigenvalue weighted by Crippen LogP contribution is 2.28. The Morgan fingerprint density at radius 1 is 0.970 bits per heavy atom. The van der Waals surface area contributed by atoms with E-state index in [1.807, 2.05) is 35.2 Å². The average molecular weight is 440 g/mol. The van der Waals surface area contributed by atoms with E-state index < -0.39 is 0 Å². The molecule has 0 aliphatic carbocycles. The number of rotatable bonds is 4. The molecule has 0 saturated carbocycles. The van der Waals surface area contributed by atoms with E-state index in [1.165, 1.54) is 5.82 Å². The van der Waals surface area contributed by atoms with Crippen LogP contribution in [-0.2, 0) is 0 Å². The second-order valence-corrected chi connectivity index (χ2v) is 8.40. The van der Waals surface area contributed by atoms with Crippen molar-refractivity contribution in [2.45, 2.75) is 0 Å². The van der Waals surface area contributed by atoms with E-state index in [0.29, 0.717) is 0 Å². The maximum absolute atomic E-state index is 4.77. The molecule has 6 rings (SSSR count). The number of anilines is 1. The Kier molecular flexibility index (Phi) is 4.88. The normalized spacial score (nSPS) is 17.1. The largest absolute Gasteiger partial charge is 0.355 e. The number of imidazole rings is 1. The zero-order chi connectivity index (χ0) is 22.2. The number of nitrogens with one attached hydrogen (secondary N) is 1. The number of piperazine rings is 1. The standard InChI is InChI=1S/C24H25N9/c1-30-8-10-31(11-9-30)24-4-2-3-7-32(24)20-13-23-26-17-22(33(23)29-16-20)18-5-6-25-21(12-18)19-14-27-28-15-19/h2-6,12-17H,7-11H2,1H3,(H,27,28). The summed E-state index contributed by atoms with van der Waals surface area (Å²) >= 11 is 0. The Balaban J connectivity index is 1.32. The Labute approximate surface area is 191 Å².